The van der Waals surface area contributed by atoms with Gasteiger partial charge in [-0.1, -0.05) is 6.07 Å². The zero-order valence-electron chi connectivity index (χ0n) is 11.3. The van der Waals surface area contributed by atoms with Crippen LogP contribution in [0, 0.1) is 0 Å². The number of benzene rings is 1. The number of ether oxygens (including phenoxy) is 3. The monoisotopic (exact) mass is 238 g/mol. The molecule has 0 aromatic heterocycles. The highest BCUT2D eigenvalue weighted by atomic mass is 16.5. The average Bonchev–Trinajstić information content (AvgIpc) is 2.21. The number of hydrogen-bond donors (Lipinski definition) is 0. The van der Waals surface area contributed by atoms with Gasteiger partial charge in [-0.2, -0.15) is 0 Å². The van der Waals surface area contributed by atoms with Crippen LogP contribution in [0.2, 0.25) is 0 Å². The summed E-state index contributed by atoms with van der Waals surface area (Å²) in [5, 5.41) is 0. The maximum atomic E-state index is 5.78. The lowest BCUT2D eigenvalue weighted by molar-refractivity contribution is 0.188. The van der Waals surface area contributed by atoms with Gasteiger partial charge in [0.15, 0.2) is 11.5 Å². The summed E-state index contributed by atoms with van der Waals surface area (Å²) in [5.41, 5.74) is 0. The largest absolute Gasteiger partial charge is 0.490 e. The highest BCUT2D eigenvalue weighted by Gasteiger charge is 2.14. The normalized spacial score (nSPS) is 10.8. The molecule has 0 saturated carbocycles. The molecule has 0 aliphatic carbocycles. The Hall–Kier alpha value is -1.38. The SMILES string of the molecule is CCOc1cccc(OC(C)C)c1OC(C)C. The summed E-state index contributed by atoms with van der Waals surface area (Å²) >= 11 is 0. The van der Waals surface area contributed by atoms with Gasteiger partial charge in [0.2, 0.25) is 5.75 Å². The minimum Gasteiger partial charge on any atom is -0.490 e. The van der Waals surface area contributed by atoms with Crippen LogP contribution < -0.4 is 14.2 Å². The molecule has 1 rings (SSSR count). The Bertz CT molecular complexity index is 345. The smallest absolute Gasteiger partial charge is 0.203 e. The van der Waals surface area contributed by atoms with Crippen molar-refractivity contribution in [3.63, 3.8) is 0 Å². The van der Waals surface area contributed by atoms with Gasteiger partial charge >= 0.3 is 0 Å². The molecule has 0 aliphatic rings. The first kappa shape index (κ1) is 13.7. The van der Waals surface area contributed by atoms with Crippen LogP contribution in [0.1, 0.15) is 34.6 Å². The van der Waals surface area contributed by atoms with E-state index in [1.165, 1.54) is 0 Å². The Morgan fingerprint density at radius 3 is 2.06 bits per heavy atom. The summed E-state index contributed by atoms with van der Waals surface area (Å²) in [6.07, 6.45) is 0.201. The van der Waals surface area contributed by atoms with Crippen molar-refractivity contribution in [2.24, 2.45) is 0 Å². The fourth-order valence-corrected chi connectivity index (χ4v) is 1.46. The first-order chi connectivity index (χ1) is 8.04. The second-order valence-electron chi connectivity index (χ2n) is 4.35. The summed E-state index contributed by atoms with van der Waals surface area (Å²) in [6.45, 7) is 10.5. The van der Waals surface area contributed by atoms with Crippen LogP contribution in [0.5, 0.6) is 17.2 Å². The molecule has 0 bridgehead atoms. The van der Waals surface area contributed by atoms with Crippen LogP contribution in [0.15, 0.2) is 18.2 Å². The highest BCUT2D eigenvalue weighted by molar-refractivity contribution is 5.51. The molecule has 0 amide bonds. The predicted octanol–water partition coefficient (Wildman–Crippen LogP) is 3.66. The molecular formula is C14H22O3. The van der Waals surface area contributed by atoms with Crippen molar-refractivity contribution in [2.75, 3.05) is 6.61 Å². The van der Waals surface area contributed by atoms with Gasteiger partial charge < -0.3 is 14.2 Å². The third kappa shape index (κ3) is 4.17. The van der Waals surface area contributed by atoms with Crippen molar-refractivity contribution < 1.29 is 14.2 Å². The van der Waals surface area contributed by atoms with Crippen molar-refractivity contribution in [1.82, 2.24) is 0 Å². The van der Waals surface area contributed by atoms with Crippen molar-refractivity contribution >= 4 is 0 Å². The third-order valence-electron chi connectivity index (χ3n) is 1.96. The van der Waals surface area contributed by atoms with E-state index >= 15 is 0 Å². The Balaban J connectivity index is 3.04. The van der Waals surface area contributed by atoms with Crippen LogP contribution in [-0.4, -0.2) is 18.8 Å². The molecule has 1 aromatic rings. The maximum absolute atomic E-state index is 5.78. The Morgan fingerprint density at radius 2 is 1.53 bits per heavy atom. The number of hydrogen-bond acceptors (Lipinski definition) is 3. The van der Waals surface area contributed by atoms with Crippen LogP contribution in [-0.2, 0) is 0 Å². The van der Waals surface area contributed by atoms with Crippen LogP contribution in [0.3, 0.4) is 0 Å². The van der Waals surface area contributed by atoms with E-state index in [2.05, 4.69) is 0 Å². The minimum absolute atomic E-state index is 0.0890. The summed E-state index contributed by atoms with van der Waals surface area (Å²) in [4.78, 5) is 0. The van der Waals surface area contributed by atoms with Crippen LogP contribution >= 0.6 is 0 Å². The summed E-state index contributed by atoms with van der Waals surface area (Å²) in [5.74, 6) is 2.16. The van der Waals surface area contributed by atoms with Gasteiger partial charge in [0, 0.05) is 0 Å². The molecule has 0 heterocycles. The highest BCUT2D eigenvalue weighted by Crippen LogP contribution is 2.38. The second-order valence-corrected chi connectivity index (χ2v) is 4.35. The van der Waals surface area contributed by atoms with Crippen molar-refractivity contribution in [1.29, 1.82) is 0 Å². The third-order valence-corrected chi connectivity index (χ3v) is 1.96. The average molecular weight is 238 g/mol. The quantitative estimate of drug-likeness (QED) is 0.757. The Kier molecular flexibility index (Phi) is 5.13. The molecule has 0 atom stereocenters. The molecule has 3 heteroatoms. The lowest BCUT2D eigenvalue weighted by Crippen LogP contribution is -2.11. The predicted molar refractivity (Wildman–Crippen MR) is 69.1 cm³/mol. The fourth-order valence-electron chi connectivity index (χ4n) is 1.46. The summed E-state index contributed by atoms with van der Waals surface area (Å²) in [7, 11) is 0. The van der Waals surface area contributed by atoms with E-state index in [4.69, 9.17) is 14.2 Å². The van der Waals surface area contributed by atoms with E-state index in [-0.39, 0.29) is 12.2 Å². The fraction of sp³-hybridized carbons (Fsp3) is 0.571. The molecule has 0 aliphatic heterocycles. The van der Waals surface area contributed by atoms with E-state index in [9.17, 15) is 0 Å². The molecular weight excluding hydrogens is 216 g/mol. The molecule has 0 saturated heterocycles. The van der Waals surface area contributed by atoms with Gasteiger partial charge in [-0.05, 0) is 46.8 Å². The molecule has 17 heavy (non-hydrogen) atoms. The van der Waals surface area contributed by atoms with E-state index in [0.717, 1.165) is 11.5 Å². The van der Waals surface area contributed by atoms with E-state index < -0.39 is 0 Å². The van der Waals surface area contributed by atoms with Crippen molar-refractivity contribution in [3.05, 3.63) is 18.2 Å². The molecule has 0 spiro atoms. The van der Waals surface area contributed by atoms with E-state index in [1.54, 1.807) is 0 Å². The lowest BCUT2D eigenvalue weighted by Gasteiger charge is -2.19. The van der Waals surface area contributed by atoms with Crippen molar-refractivity contribution in [3.8, 4) is 17.2 Å². The summed E-state index contributed by atoms with van der Waals surface area (Å²) < 4.78 is 17.1. The zero-order valence-corrected chi connectivity index (χ0v) is 11.3. The van der Waals surface area contributed by atoms with Gasteiger partial charge in [0.05, 0.1) is 18.8 Å². The zero-order chi connectivity index (χ0) is 12.8. The molecule has 3 nitrogen and oxygen atoms in total. The Labute approximate surface area is 104 Å². The number of rotatable bonds is 6. The van der Waals surface area contributed by atoms with E-state index in [0.29, 0.717) is 12.4 Å². The van der Waals surface area contributed by atoms with Crippen LogP contribution in [0.25, 0.3) is 0 Å². The molecule has 0 radical (unpaired) electrons. The second kappa shape index (κ2) is 6.38. The maximum Gasteiger partial charge on any atom is 0.203 e. The topological polar surface area (TPSA) is 27.7 Å². The van der Waals surface area contributed by atoms with Gasteiger partial charge in [-0.25, -0.2) is 0 Å². The lowest BCUT2D eigenvalue weighted by atomic mass is 10.3. The van der Waals surface area contributed by atoms with E-state index in [1.807, 2.05) is 52.8 Å². The number of para-hydroxylation sites is 1. The van der Waals surface area contributed by atoms with Gasteiger partial charge in [-0.3, -0.25) is 0 Å². The first-order valence-electron chi connectivity index (χ1n) is 6.13. The molecule has 0 N–H and O–H groups in total. The summed E-state index contributed by atoms with van der Waals surface area (Å²) in [6, 6.07) is 5.71. The molecule has 0 unspecified atom stereocenters. The van der Waals surface area contributed by atoms with Crippen molar-refractivity contribution in [2.45, 2.75) is 46.8 Å². The molecule has 1 aromatic carbocycles. The standard InChI is InChI=1S/C14H22O3/c1-6-15-12-8-7-9-13(16-10(2)3)14(12)17-11(4)5/h7-11H,6H2,1-5H3. The molecule has 96 valence electrons. The van der Waals surface area contributed by atoms with Gasteiger partial charge in [-0.15, -0.1) is 0 Å². The van der Waals surface area contributed by atoms with Gasteiger partial charge in [0.1, 0.15) is 0 Å². The van der Waals surface area contributed by atoms with Gasteiger partial charge in [0.25, 0.3) is 0 Å². The molecule has 0 fully saturated rings. The Morgan fingerprint density at radius 1 is 0.941 bits per heavy atom. The van der Waals surface area contributed by atoms with Crippen LogP contribution in [0.4, 0.5) is 0 Å². The first-order valence-corrected chi connectivity index (χ1v) is 6.13. The minimum atomic E-state index is 0.0890.